The standard InChI is InChI=1S/C22H27N2O2.Y/c1-14(2)24-20-7-5-4-6-16(20)13-19(22(24)26)21(25)12-15-10-17-8-9-18(11-15)23(17)3;/h4-7,13-15,17-18H,3,8-12H2,1-2H3;/q-1;. The van der Waals surface area contributed by atoms with Gasteiger partial charge in [0, 0.05) is 45.2 Å². The number of Topliss-reactive ketones (excluding diaryl/α,β-unsaturated/α-hetero) is 1. The molecule has 2 fully saturated rings. The van der Waals surface area contributed by atoms with Crippen LogP contribution in [0.1, 0.15) is 62.4 Å². The molecule has 0 aliphatic carbocycles. The molecular formula is C22H27N2O2Y-. The molecule has 141 valence electrons. The molecule has 0 spiro atoms. The molecule has 4 nitrogen and oxygen atoms in total. The van der Waals surface area contributed by atoms with Crippen molar-refractivity contribution in [2.45, 2.75) is 64.1 Å². The van der Waals surface area contributed by atoms with Crippen LogP contribution in [0.3, 0.4) is 0 Å². The average molecular weight is 440 g/mol. The largest absolute Gasteiger partial charge is 0.454 e. The molecule has 2 unspecified atom stereocenters. The summed E-state index contributed by atoms with van der Waals surface area (Å²) in [6.45, 7) is 3.98. The molecule has 27 heavy (non-hydrogen) atoms. The first-order chi connectivity index (χ1) is 12.5. The Morgan fingerprint density at radius 1 is 1.19 bits per heavy atom. The van der Waals surface area contributed by atoms with Crippen LogP contribution in [0.4, 0.5) is 0 Å². The van der Waals surface area contributed by atoms with E-state index in [0.29, 0.717) is 30.0 Å². The van der Waals surface area contributed by atoms with E-state index in [1.165, 1.54) is 12.8 Å². The van der Waals surface area contributed by atoms with Gasteiger partial charge in [-0.05, 0) is 75.1 Å². The van der Waals surface area contributed by atoms with Crippen LogP contribution in [0.15, 0.2) is 35.1 Å². The zero-order valence-corrected chi connectivity index (χ0v) is 19.1. The molecule has 2 aromatic rings. The third-order valence-corrected chi connectivity index (χ3v) is 6.22. The number of benzene rings is 1. The molecule has 0 amide bonds. The number of ketones is 1. The Bertz CT molecular complexity index is 891. The molecule has 5 heteroatoms. The van der Waals surface area contributed by atoms with Gasteiger partial charge in [0.25, 0.3) is 5.56 Å². The van der Waals surface area contributed by atoms with Crippen molar-refractivity contribution >= 4 is 16.7 Å². The fraction of sp³-hybridized carbons (Fsp3) is 0.500. The van der Waals surface area contributed by atoms with Gasteiger partial charge >= 0.3 is 0 Å². The van der Waals surface area contributed by atoms with E-state index < -0.39 is 0 Å². The third kappa shape index (κ3) is 3.86. The summed E-state index contributed by atoms with van der Waals surface area (Å²) in [7, 11) is 4.17. The van der Waals surface area contributed by atoms with Crippen LogP contribution in [-0.4, -0.2) is 27.3 Å². The van der Waals surface area contributed by atoms with Crippen molar-refractivity contribution < 1.29 is 37.5 Å². The number of hydrogen-bond donors (Lipinski definition) is 0. The Hall–Kier alpha value is -0.836. The van der Waals surface area contributed by atoms with Crippen molar-refractivity contribution in [2.24, 2.45) is 5.92 Å². The molecule has 4 rings (SSSR count). The van der Waals surface area contributed by atoms with E-state index >= 15 is 0 Å². The minimum absolute atomic E-state index is 0. The van der Waals surface area contributed by atoms with Crippen LogP contribution in [0.25, 0.3) is 10.9 Å². The summed E-state index contributed by atoms with van der Waals surface area (Å²) in [5, 5.41) is 0.955. The molecule has 2 saturated heterocycles. The van der Waals surface area contributed by atoms with Gasteiger partial charge in [0.2, 0.25) is 0 Å². The molecule has 3 heterocycles. The Morgan fingerprint density at radius 2 is 1.81 bits per heavy atom. The number of para-hydroxylation sites is 1. The van der Waals surface area contributed by atoms with Gasteiger partial charge in [-0.2, -0.15) is 0 Å². The summed E-state index contributed by atoms with van der Waals surface area (Å²) in [6, 6.07) is 10.6. The summed E-state index contributed by atoms with van der Waals surface area (Å²) in [6.07, 6.45) is 4.91. The first-order valence-electron chi connectivity index (χ1n) is 9.72. The summed E-state index contributed by atoms with van der Waals surface area (Å²) in [4.78, 5) is 28.3. The van der Waals surface area contributed by atoms with Crippen molar-refractivity contribution in [3.8, 4) is 0 Å². The summed E-state index contributed by atoms with van der Waals surface area (Å²) in [5.41, 5.74) is 1.09. The van der Waals surface area contributed by atoms with Crippen LogP contribution < -0.4 is 5.56 Å². The van der Waals surface area contributed by atoms with E-state index in [2.05, 4.69) is 11.9 Å². The van der Waals surface area contributed by atoms with Gasteiger partial charge in [0.1, 0.15) is 0 Å². The van der Waals surface area contributed by atoms with Crippen molar-refractivity contribution in [3.63, 3.8) is 0 Å². The topological polar surface area (TPSA) is 42.3 Å². The molecule has 0 N–H and O–H groups in total. The fourth-order valence-corrected chi connectivity index (χ4v) is 4.92. The number of hydrogen-bond acceptors (Lipinski definition) is 3. The van der Waals surface area contributed by atoms with Gasteiger partial charge in [-0.15, -0.1) is 0 Å². The predicted molar refractivity (Wildman–Crippen MR) is 104 cm³/mol. The number of pyridine rings is 1. The first-order valence-corrected chi connectivity index (χ1v) is 9.72. The van der Waals surface area contributed by atoms with Crippen molar-refractivity contribution in [2.75, 3.05) is 0 Å². The average Bonchev–Trinajstić information content (AvgIpc) is 2.82. The van der Waals surface area contributed by atoms with Crippen LogP contribution >= 0.6 is 0 Å². The molecule has 2 atom stereocenters. The van der Waals surface area contributed by atoms with Gasteiger partial charge < -0.3 is 9.47 Å². The third-order valence-electron chi connectivity index (χ3n) is 6.22. The zero-order valence-electron chi connectivity index (χ0n) is 16.2. The second-order valence-electron chi connectivity index (χ2n) is 8.25. The molecule has 1 aromatic carbocycles. The molecule has 0 saturated carbocycles. The monoisotopic (exact) mass is 440 g/mol. The van der Waals surface area contributed by atoms with Crippen LogP contribution in [0, 0.1) is 13.0 Å². The summed E-state index contributed by atoms with van der Waals surface area (Å²) >= 11 is 0. The fourth-order valence-electron chi connectivity index (χ4n) is 4.92. The maximum absolute atomic E-state index is 13.0. The Balaban J connectivity index is 0.00000210. The van der Waals surface area contributed by atoms with Gasteiger partial charge in [-0.3, -0.25) is 16.6 Å². The van der Waals surface area contributed by atoms with E-state index in [1.54, 1.807) is 10.6 Å². The molecular weight excluding hydrogens is 413 g/mol. The maximum atomic E-state index is 13.0. The van der Waals surface area contributed by atoms with Gasteiger partial charge in [0.05, 0.1) is 11.1 Å². The zero-order chi connectivity index (χ0) is 18.4. The van der Waals surface area contributed by atoms with E-state index in [4.69, 9.17) is 0 Å². The van der Waals surface area contributed by atoms with Gasteiger partial charge in [-0.1, -0.05) is 18.2 Å². The maximum Gasteiger partial charge on any atom is 0.262 e. The van der Waals surface area contributed by atoms with Crippen molar-refractivity contribution in [3.05, 3.63) is 53.3 Å². The van der Waals surface area contributed by atoms with Crippen LogP contribution in [-0.2, 0) is 32.7 Å². The number of nitrogens with zero attached hydrogens (tertiary/aromatic N) is 2. The quantitative estimate of drug-likeness (QED) is 0.529. The van der Waals surface area contributed by atoms with E-state index in [9.17, 15) is 9.59 Å². The minimum Gasteiger partial charge on any atom is -0.454 e. The summed E-state index contributed by atoms with van der Waals surface area (Å²) < 4.78 is 1.75. The molecule has 1 radical (unpaired) electrons. The number of aromatic nitrogens is 1. The number of piperidine rings is 1. The van der Waals surface area contributed by atoms with Gasteiger partial charge in [-0.25, -0.2) is 0 Å². The predicted octanol–water partition coefficient (Wildman–Crippen LogP) is 4.19. The summed E-state index contributed by atoms with van der Waals surface area (Å²) in [5.74, 6) is 0.369. The number of fused-ring (bicyclic) bond motifs is 3. The minimum atomic E-state index is -0.152. The SMILES string of the molecule is [CH2-]N1C2CCC1CC(CC(=O)c1cc3ccccc3n(C(C)C)c1=O)C2.[Y]. The molecule has 2 bridgehead atoms. The number of carbonyl (C=O) groups is 1. The van der Waals surface area contributed by atoms with Crippen molar-refractivity contribution in [1.82, 2.24) is 9.47 Å². The van der Waals surface area contributed by atoms with Crippen LogP contribution in [0.5, 0.6) is 0 Å². The molecule has 2 aliphatic rings. The second-order valence-corrected chi connectivity index (χ2v) is 8.25. The van der Waals surface area contributed by atoms with Gasteiger partial charge in [0.15, 0.2) is 5.78 Å². The Kier molecular flexibility index (Phi) is 6.39. The molecule has 1 aromatic heterocycles. The number of rotatable bonds is 4. The van der Waals surface area contributed by atoms with E-state index in [0.717, 1.165) is 23.7 Å². The first kappa shape index (κ1) is 20.9. The van der Waals surface area contributed by atoms with Crippen LogP contribution in [0.2, 0.25) is 0 Å². The molecule has 2 aliphatic heterocycles. The Labute approximate surface area is 186 Å². The second kappa shape index (κ2) is 8.26. The van der Waals surface area contributed by atoms with E-state index in [1.807, 2.05) is 38.1 Å². The van der Waals surface area contributed by atoms with Crippen molar-refractivity contribution in [1.29, 1.82) is 0 Å². The number of carbonyl (C=O) groups excluding carboxylic acids is 1. The normalized spacial score (nSPS) is 25.0. The Morgan fingerprint density at radius 3 is 2.44 bits per heavy atom. The smallest absolute Gasteiger partial charge is 0.262 e. The van der Waals surface area contributed by atoms with E-state index in [-0.39, 0.29) is 50.1 Å².